The van der Waals surface area contributed by atoms with Gasteiger partial charge in [-0.1, -0.05) is 36.4 Å². The van der Waals surface area contributed by atoms with E-state index in [1.807, 2.05) is 42.5 Å². The molecule has 1 fully saturated rings. The summed E-state index contributed by atoms with van der Waals surface area (Å²) in [7, 11) is -3.45. The highest BCUT2D eigenvalue weighted by Gasteiger charge is 2.28. The molecule has 0 radical (unpaired) electrons. The highest BCUT2D eigenvalue weighted by atomic mass is 32.2. The van der Waals surface area contributed by atoms with Crippen molar-refractivity contribution in [3.8, 4) is 0 Å². The van der Waals surface area contributed by atoms with E-state index >= 15 is 0 Å². The zero-order chi connectivity index (χ0) is 17.5. The van der Waals surface area contributed by atoms with Crippen LogP contribution in [0.15, 0.2) is 54.9 Å². The van der Waals surface area contributed by atoms with Gasteiger partial charge in [0.1, 0.15) is 0 Å². The van der Waals surface area contributed by atoms with Gasteiger partial charge in [-0.05, 0) is 30.0 Å². The number of aromatic nitrogens is 1. The molecule has 1 aromatic carbocycles. The van der Waals surface area contributed by atoms with Crippen molar-refractivity contribution in [1.82, 2.24) is 14.0 Å². The molecule has 3 rings (SSSR count). The molecule has 0 unspecified atom stereocenters. The van der Waals surface area contributed by atoms with Crippen LogP contribution in [-0.4, -0.2) is 36.9 Å². The van der Waals surface area contributed by atoms with Crippen molar-refractivity contribution in [3.63, 3.8) is 0 Å². The summed E-state index contributed by atoms with van der Waals surface area (Å²) in [5, 5.41) is 0. The van der Waals surface area contributed by atoms with Gasteiger partial charge in [-0.3, -0.25) is 4.98 Å². The zero-order valence-corrected chi connectivity index (χ0v) is 14.9. The fourth-order valence-electron chi connectivity index (χ4n) is 2.80. The van der Waals surface area contributed by atoms with Gasteiger partial charge in [0.2, 0.25) is 0 Å². The van der Waals surface area contributed by atoms with Gasteiger partial charge < -0.3 is 4.74 Å². The van der Waals surface area contributed by atoms with Crippen molar-refractivity contribution in [3.05, 3.63) is 66.0 Å². The normalized spacial score (nSPS) is 16.8. The highest BCUT2D eigenvalue weighted by molar-refractivity contribution is 7.87. The van der Waals surface area contributed by atoms with E-state index in [1.165, 1.54) is 4.31 Å². The second-order valence-corrected chi connectivity index (χ2v) is 7.84. The van der Waals surface area contributed by atoms with Crippen LogP contribution in [0.2, 0.25) is 0 Å². The Morgan fingerprint density at radius 1 is 1.08 bits per heavy atom. The van der Waals surface area contributed by atoms with Crippen LogP contribution >= 0.6 is 0 Å². The standard InChI is InChI=1S/C18H23N3O3S/c22-25(23,20-14-16-5-2-1-3-6-16)21-11-8-18(9-12-21)24-15-17-7-4-10-19-13-17/h1-7,10,13,18,20H,8-9,11-12,14-15H2. The van der Waals surface area contributed by atoms with Gasteiger partial charge >= 0.3 is 0 Å². The number of nitrogens with one attached hydrogen (secondary N) is 1. The molecule has 134 valence electrons. The van der Waals surface area contributed by atoms with Crippen LogP contribution in [0.4, 0.5) is 0 Å². The van der Waals surface area contributed by atoms with Gasteiger partial charge in [-0.25, -0.2) is 0 Å². The molecule has 25 heavy (non-hydrogen) atoms. The predicted molar refractivity (Wildman–Crippen MR) is 95.8 cm³/mol. The monoisotopic (exact) mass is 361 g/mol. The molecular weight excluding hydrogens is 338 g/mol. The number of piperidine rings is 1. The second-order valence-electron chi connectivity index (χ2n) is 6.08. The van der Waals surface area contributed by atoms with Crippen molar-refractivity contribution in [2.75, 3.05) is 13.1 Å². The number of nitrogens with zero attached hydrogens (tertiary/aromatic N) is 2. The Labute approximate surface area is 149 Å². The molecule has 1 aliphatic heterocycles. The molecule has 0 aliphatic carbocycles. The molecule has 0 atom stereocenters. The predicted octanol–water partition coefficient (Wildman–Crippen LogP) is 2.10. The van der Waals surface area contributed by atoms with Crippen molar-refractivity contribution in [2.45, 2.75) is 32.1 Å². The van der Waals surface area contributed by atoms with Crippen LogP contribution in [0, 0.1) is 0 Å². The van der Waals surface area contributed by atoms with E-state index in [-0.39, 0.29) is 6.10 Å². The lowest BCUT2D eigenvalue weighted by Gasteiger charge is -2.31. The molecule has 2 heterocycles. The summed E-state index contributed by atoms with van der Waals surface area (Å²) in [5.74, 6) is 0. The van der Waals surface area contributed by atoms with E-state index in [4.69, 9.17) is 4.74 Å². The van der Waals surface area contributed by atoms with Gasteiger partial charge in [0.05, 0.1) is 12.7 Å². The van der Waals surface area contributed by atoms with E-state index in [1.54, 1.807) is 12.4 Å². The Balaban J connectivity index is 1.44. The van der Waals surface area contributed by atoms with Crippen molar-refractivity contribution in [2.24, 2.45) is 0 Å². The SMILES string of the molecule is O=S(=O)(NCc1ccccc1)N1CCC(OCc2cccnc2)CC1. The van der Waals surface area contributed by atoms with Gasteiger partial charge in [0, 0.05) is 32.0 Å². The first kappa shape index (κ1) is 18.0. The summed E-state index contributed by atoms with van der Waals surface area (Å²) in [6.07, 6.45) is 5.00. The van der Waals surface area contributed by atoms with E-state index in [0.717, 1.165) is 11.1 Å². The zero-order valence-electron chi connectivity index (χ0n) is 14.0. The molecule has 0 saturated carbocycles. The van der Waals surface area contributed by atoms with Crippen molar-refractivity contribution < 1.29 is 13.2 Å². The number of ether oxygens (including phenoxy) is 1. The van der Waals surface area contributed by atoms with Crippen LogP contribution < -0.4 is 4.72 Å². The number of rotatable bonds is 7. The first-order chi connectivity index (χ1) is 12.1. The van der Waals surface area contributed by atoms with Crippen molar-refractivity contribution in [1.29, 1.82) is 0 Å². The maximum Gasteiger partial charge on any atom is 0.279 e. The Morgan fingerprint density at radius 2 is 1.80 bits per heavy atom. The van der Waals surface area contributed by atoms with Gasteiger partial charge in [-0.2, -0.15) is 17.4 Å². The Bertz CT molecular complexity index is 746. The van der Waals surface area contributed by atoms with Gasteiger partial charge in [0.15, 0.2) is 0 Å². The maximum absolute atomic E-state index is 12.4. The maximum atomic E-state index is 12.4. The lowest BCUT2D eigenvalue weighted by molar-refractivity contribution is 0.00993. The number of benzene rings is 1. The van der Waals surface area contributed by atoms with Crippen LogP contribution in [0.1, 0.15) is 24.0 Å². The van der Waals surface area contributed by atoms with Gasteiger partial charge in [0.25, 0.3) is 10.2 Å². The molecule has 1 aliphatic rings. The summed E-state index contributed by atoms with van der Waals surface area (Å²) < 4.78 is 34.9. The quantitative estimate of drug-likeness (QED) is 0.820. The third kappa shape index (κ3) is 5.34. The molecule has 0 spiro atoms. The van der Waals surface area contributed by atoms with Crippen LogP contribution in [0.5, 0.6) is 0 Å². The number of hydrogen-bond donors (Lipinski definition) is 1. The fourth-order valence-corrected chi connectivity index (χ4v) is 4.02. The topological polar surface area (TPSA) is 71.5 Å². The fraction of sp³-hybridized carbons (Fsp3) is 0.389. The Hall–Kier alpha value is -1.80. The number of pyridine rings is 1. The summed E-state index contributed by atoms with van der Waals surface area (Å²) in [6.45, 7) is 1.77. The first-order valence-corrected chi connectivity index (χ1v) is 9.87. The van der Waals surface area contributed by atoms with E-state index in [9.17, 15) is 8.42 Å². The highest BCUT2D eigenvalue weighted by Crippen LogP contribution is 2.17. The summed E-state index contributed by atoms with van der Waals surface area (Å²) >= 11 is 0. The minimum Gasteiger partial charge on any atom is -0.373 e. The smallest absolute Gasteiger partial charge is 0.279 e. The average molecular weight is 361 g/mol. The Kier molecular flexibility index (Phi) is 6.14. The van der Waals surface area contributed by atoms with Crippen LogP contribution in [0.25, 0.3) is 0 Å². The minimum atomic E-state index is -3.45. The number of hydrogen-bond acceptors (Lipinski definition) is 4. The Morgan fingerprint density at radius 3 is 2.48 bits per heavy atom. The summed E-state index contributed by atoms with van der Waals surface area (Å²) in [4.78, 5) is 4.06. The lowest BCUT2D eigenvalue weighted by Crippen LogP contribution is -2.46. The summed E-state index contributed by atoms with van der Waals surface area (Å²) in [5.41, 5.74) is 1.97. The largest absolute Gasteiger partial charge is 0.373 e. The van der Waals surface area contributed by atoms with Crippen LogP contribution in [-0.2, 0) is 28.1 Å². The second kappa shape index (κ2) is 8.53. The molecule has 1 aromatic heterocycles. The van der Waals surface area contributed by atoms with Crippen LogP contribution in [0.3, 0.4) is 0 Å². The molecule has 0 bridgehead atoms. The van der Waals surface area contributed by atoms with Gasteiger partial charge in [-0.15, -0.1) is 0 Å². The molecular formula is C18H23N3O3S. The third-order valence-electron chi connectivity index (χ3n) is 4.25. The van der Waals surface area contributed by atoms with Crippen molar-refractivity contribution >= 4 is 10.2 Å². The molecule has 6 nitrogen and oxygen atoms in total. The molecule has 2 aromatic rings. The molecule has 7 heteroatoms. The van der Waals surface area contributed by atoms with E-state index < -0.39 is 10.2 Å². The van der Waals surface area contributed by atoms with E-state index in [2.05, 4.69) is 9.71 Å². The molecule has 0 amide bonds. The molecule has 1 N–H and O–H groups in total. The first-order valence-electron chi connectivity index (χ1n) is 8.43. The minimum absolute atomic E-state index is 0.0841. The lowest BCUT2D eigenvalue weighted by atomic mass is 10.1. The summed E-state index contributed by atoms with van der Waals surface area (Å²) in [6, 6.07) is 13.4. The van der Waals surface area contributed by atoms with E-state index in [0.29, 0.717) is 39.1 Å². The third-order valence-corrected chi connectivity index (χ3v) is 5.81. The molecule has 1 saturated heterocycles. The average Bonchev–Trinajstić information content (AvgIpc) is 2.67.